The average Bonchev–Trinajstić information content (AvgIpc) is 3.28. The molecule has 386 valence electrons. The predicted molar refractivity (Wildman–Crippen MR) is 280 cm³/mol. The molecule has 0 saturated heterocycles. The van der Waals surface area contributed by atoms with Gasteiger partial charge in [0.15, 0.2) is 6.10 Å². The number of hydrogen-bond acceptors (Lipinski definition) is 6. The molecule has 6 heteroatoms. The van der Waals surface area contributed by atoms with E-state index in [1.807, 2.05) is 0 Å². The van der Waals surface area contributed by atoms with Crippen LogP contribution >= 0.6 is 0 Å². The van der Waals surface area contributed by atoms with E-state index in [1.165, 1.54) is 218 Å². The summed E-state index contributed by atoms with van der Waals surface area (Å²) in [6.07, 6.45) is 55.2. The number of unbranched alkanes of at least 4 members (excludes halogenated alkanes) is 38. The summed E-state index contributed by atoms with van der Waals surface area (Å²) in [5, 5.41) is 0. The minimum atomic E-state index is -0.762. The van der Waals surface area contributed by atoms with Crippen LogP contribution in [-0.4, -0.2) is 37.2 Å². The maximum atomic E-state index is 12.8. The number of rotatable bonds is 53. The summed E-state index contributed by atoms with van der Waals surface area (Å²) in [5.41, 5.74) is 0. The lowest BCUT2D eigenvalue weighted by atomic mass is 10.0. The van der Waals surface area contributed by atoms with Gasteiger partial charge in [-0.2, -0.15) is 0 Å². The molecule has 0 fully saturated rings. The number of carbonyl (C=O) groups excluding carboxylic acids is 3. The summed E-state index contributed by atoms with van der Waals surface area (Å²) >= 11 is 0. The number of carbonyl (C=O) groups is 3. The molecule has 0 radical (unpaired) electrons. The lowest BCUT2D eigenvalue weighted by molar-refractivity contribution is -0.167. The first-order valence-corrected chi connectivity index (χ1v) is 29.2. The Hall–Kier alpha value is -1.59. The van der Waals surface area contributed by atoms with Crippen LogP contribution in [0.2, 0.25) is 0 Å². The van der Waals surface area contributed by atoms with Crippen molar-refractivity contribution in [3.63, 3.8) is 0 Å². The largest absolute Gasteiger partial charge is 0.462 e. The Bertz CT molecular complexity index is 993. The Balaban J connectivity index is 4.29. The van der Waals surface area contributed by atoms with Gasteiger partial charge in [0.25, 0.3) is 0 Å². The highest BCUT2D eigenvalue weighted by atomic mass is 16.6. The first-order chi connectivity index (χ1) is 31.7. The van der Waals surface area contributed by atoms with E-state index in [4.69, 9.17) is 14.2 Å². The van der Waals surface area contributed by atoms with Crippen LogP contribution in [-0.2, 0) is 28.6 Å². The van der Waals surface area contributed by atoms with Crippen LogP contribution in [0, 0.1) is 11.8 Å². The van der Waals surface area contributed by atoms with E-state index in [1.54, 1.807) is 0 Å². The van der Waals surface area contributed by atoms with Crippen LogP contribution in [0.4, 0.5) is 0 Å². The van der Waals surface area contributed by atoms with Gasteiger partial charge in [-0.1, -0.05) is 291 Å². The van der Waals surface area contributed by atoms with Crippen molar-refractivity contribution in [3.8, 4) is 0 Å². The SMILES string of the molecule is CCCCCCCCCCCCCCCCCC(=O)O[C@@H](COC(=O)CCCCCCCCCCCCCCCCCC(C)C)COC(=O)CCCCCCCCCCCCCC(C)C. The minimum Gasteiger partial charge on any atom is -0.462 e. The third-order valence-electron chi connectivity index (χ3n) is 13.5. The molecular weight excluding hydrogens is 805 g/mol. The molecule has 0 aromatic rings. The first kappa shape index (κ1) is 63.4. The van der Waals surface area contributed by atoms with Crippen LogP contribution < -0.4 is 0 Å². The second kappa shape index (κ2) is 51.8. The Morgan fingerprint density at radius 1 is 0.292 bits per heavy atom. The van der Waals surface area contributed by atoms with E-state index in [0.717, 1.165) is 69.6 Å². The zero-order chi connectivity index (χ0) is 47.5. The lowest BCUT2D eigenvalue weighted by Gasteiger charge is -2.18. The molecule has 0 unspecified atom stereocenters. The molecule has 0 N–H and O–H groups in total. The van der Waals surface area contributed by atoms with Gasteiger partial charge in [-0.05, 0) is 31.1 Å². The predicted octanol–water partition coefficient (Wildman–Crippen LogP) is 19.3. The highest BCUT2D eigenvalue weighted by molar-refractivity contribution is 5.71. The monoisotopic (exact) mass is 919 g/mol. The van der Waals surface area contributed by atoms with E-state index in [0.29, 0.717) is 19.3 Å². The summed E-state index contributed by atoms with van der Waals surface area (Å²) in [5.74, 6) is 0.838. The van der Waals surface area contributed by atoms with Gasteiger partial charge in [-0.3, -0.25) is 14.4 Å². The summed E-state index contributed by atoms with van der Waals surface area (Å²) in [6, 6.07) is 0. The molecule has 0 aromatic carbocycles. The minimum absolute atomic E-state index is 0.0625. The molecule has 6 nitrogen and oxygen atoms in total. The highest BCUT2D eigenvalue weighted by Crippen LogP contribution is 2.18. The van der Waals surface area contributed by atoms with Gasteiger partial charge in [0.05, 0.1) is 0 Å². The fourth-order valence-corrected chi connectivity index (χ4v) is 9.05. The molecule has 0 bridgehead atoms. The maximum Gasteiger partial charge on any atom is 0.306 e. The Kier molecular flexibility index (Phi) is 50.5. The Morgan fingerprint density at radius 3 is 0.754 bits per heavy atom. The van der Waals surface area contributed by atoms with Crippen molar-refractivity contribution in [2.75, 3.05) is 13.2 Å². The third-order valence-corrected chi connectivity index (χ3v) is 13.5. The number of esters is 3. The van der Waals surface area contributed by atoms with E-state index >= 15 is 0 Å². The van der Waals surface area contributed by atoms with E-state index in [-0.39, 0.29) is 31.1 Å². The molecular formula is C59H114O6. The molecule has 1 atom stereocenters. The second-order valence-corrected chi connectivity index (χ2v) is 21.2. The third kappa shape index (κ3) is 53.2. The van der Waals surface area contributed by atoms with Crippen molar-refractivity contribution < 1.29 is 28.6 Å². The smallest absolute Gasteiger partial charge is 0.306 e. The van der Waals surface area contributed by atoms with Crippen LogP contribution in [0.1, 0.15) is 330 Å². The standard InChI is InChI=1S/C59H114O6/c1-6-7-8-9-10-11-12-13-15-20-25-31-36-41-46-51-59(62)65-56(53-64-58(61)50-45-40-35-30-26-21-23-28-33-38-43-48-55(4)5)52-63-57(60)49-44-39-34-29-24-19-17-14-16-18-22-27-32-37-42-47-54(2)3/h54-56H,6-53H2,1-5H3/t56-/m0/s1. The highest BCUT2D eigenvalue weighted by Gasteiger charge is 2.19. The molecule has 0 rings (SSSR count). The molecule has 0 amide bonds. The molecule has 0 aliphatic rings. The van der Waals surface area contributed by atoms with Gasteiger partial charge >= 0.3 is 17.9 Å². The van der Waals surface area contributed by atoms with Crippen LogP contribution in [0.5, 0.6) is 0 Å². The molecule has 0 spiro atoms. The zero-order valence-electron chi connectivity index (χ0n) is 44.6. The van der Waals surface area contributed by atoms with E-state index in [9.17, 15) is 14.4 Å². The number of ether oxygens (including phenoxy) is 3. The van der Waals surface area contributed by atoms with Gasteiger partial charge in [0.1, 0.15) is 13.2 Å². The van der Waals surface area contributed by atoms with Gasteiger partial charge in [-0.15, -0.1) is 0 Å². The fraction of sp³-hybridized carbons (Fsp3) is 0.949. The quantitative estimate of drug-likeness (QED) is 0.0344. The number of hydrogen-bond donors (Lipinski definition) is 0. The van der Waals surface area contributed by atoms with Crippen molar-refractivity contribution in [1.82, 2.24) is 0 Å². The maximum absolute atomic E-state index is 12.8. The topological polar surface area (TPSA) is 78.9 Å². The normalized spacial score (nSPS) is 12.0. The summed E-state index contributed by atoms with van der Waals surface area (Å²) in [6.45, 7) is 11.4. The Labute approximate surface area is 406 Å². The zero-order valence-corrected chi connectivity index (χ0v) is 44.6. The van der Waals surface area contributed by atoms with Gasteiger partial charge in [0, 0.05) is 19.3 Å². The summed E-state index contributed by atoms with van der Waals surface area (Å²) < 4.78 is 16.9. The van der Waals surface area contributed by atoms with Crippen LogP contribution in [0.15, 0.2) is 0 Å². The molecule has 65 heavy (non-hydrogen) atoms. The summed E-state index contributed by atoms with van der Waals surface area (Å²) in [4.78, 5) is 38.1. The first-order valence-electron chi connectivity index (χ1n) is 29.2. The molecule has 0 heterocycles. The Morgan fingerprint density at radius 2 is 0.508 bits per heavy atom. The second-order valence-electron chi connectivity index (χ2n) is 21.2. The molecule has 0 aromatic heterocycles. The van der Waals surface area contributed by atoms with Crippen molar-refractivity contribution >= 4 is 17.9 Å². The van der Waals surface area contributed by atoms with Gasteiger partial charge in [-0.25, -0.2) is 0 Å². The van der Waals surface area contributed by atoms with E-state index < -0.39 is 6.10 Å². The molecule has 0 saturated carbocycles. The van der Waals surface area contributed by atoms with E-state index in [2.05, 4.69) is 34.6 Å². The lowest BCUT2D eigenvalue weighted by Crippen LogP contribution is -2.30. The summed E-state index contributed by atoms with van der Waals surface area (Å²) in [7, 11) is 0. The van der Waals surface area contributed by atoms with Gasteiger partial charge < -0.3 is 14.2 Å². The van der Waals surface area contributed by atoms with Crippen molar-refractivity contribution in [3.05, 3.63) is 0 Å². The van der Waals surface area contributed by atoms with Crippen LogP contribution in [0.25, 0.3) is 0 Å². The van der Waals surface area contributed by atoms with Crippen molar-refractivity contribution in [2.45, 2.75) is 336 Å². The fourth-order valence-electron chi connectivity index (χ4n) is 9.05. The molecule has 0 aliphatic carbocycles. The van der Waals surface area contributed by atoms with Crippen molar-refractivity contribution in [2.24, 2.45) is 11.8 Å². The van der Waals surface area contributed by atoms with Crippen molar-refractivity contribution in [1.29, 1.82) is 0 Å². The van der Waals surface area contributed by atoms with Crippen LogP contribution in [0.3, 0.4) is 0 Å². The molecule has 0 aliphatic heterocycles. The average molecular weight is 920 g/mol. The van der Waals surface area contributed by atoms with Gasteiger partial charge in [0.2, 0.25) is 0 Å².